The molecule has 8 heteroatoms. The minimum Gasteiger partial charge on any atom is -0.481 e. The van der Waals surface area contributed by atoms with Crippen molar-refractivity contribution in [3.63, 3.8) is 0 Å². The summed E-state index contributed by atoms with van der Waals surface area (Å²) in [5.41, 5.74) is -0.493. The number of carbonyl (C=O) groups excluding carboxylic acids is 1. The molecule has 1 aromatic rings. The number of amides is 1. The molecule has 124 valence electrons. The normalized spacial score (nSPS) is 10.8. The molecule has 22 heavy (non-hydrogen) atoms. The van der Waals surface area contributed by atoms with E-state index in [2.05, 4.69) is 20.6 Å². The van der Waals surface area contributed by atoms with Crippen LogP contribution in [0.3, 0.4) is 0 Å². The molecule has 1 amide bonds. The first-order valence-electron chi connectivity index (χ1n) is 7.02. The molecule has 0 atom stereocenters. The molecule has 0 aliphatic rings. The molecule has 0 aromatic carbocycles. The average Bonchev–Trinajstić information content (AvgIpc) is 2.44. The number of nitrogens with zero attached hydrogens (tertiary/aromatic N) is 2. The van der Waals surface area contributed by atoms with Crippen molar-refractivity contribution in [3.8, 4) is 11.8 Å². The lowest BCUT2D eigenvalue weighted by Gasteiger charge is -2.19. The van der Waals surface area contributed by atoms with Gasteiger partial charge in [-0.1, -0.05) is 0 Å². The highest BCUT2D eigenvalue weighted by Gasteiger charge is 2.15. The molecule has 0 bridgehead atoms. The Hall–Kier alpha value is -2.25. The lowest BCUT2D eigenvalue weighted by Crippen LogP contribution is -2.33. The van der Waals surface area contributed by atoms with Crippen molar-refractivity contribution in [2.75, 3.05) is 32.6 Å². The van der Waals surface area contributed by atoms with Crippen LogP contribution in [-0.4, -0.2) is 49.0 Å². The van der Waals surface area contributed by atoms with Gasteiger partial charge in [0.05, 0.1) is 20.3 Å². The summed E-state index contributed by atoms with van der Waals surface area (Å²) in [5.74, 6) is 1.25. The Kier molecular flexibility index (Phi) is 6.68. The highest BCUT2D eigenvalue weighted by molar-refractivity contribution is 5.67. The van der Waals surface area contributed by atoms with E-state index in [4.69, 9.17) is 14.2 Å². The van der Waals surface area contributed by atoms with E-state index >= 15 is 0 Å². The fraction of sp³-hybridized carbons (Fsp3) is 0.643. The third kappa shape index (κ3) is 6.96. The molecule has 0 unspecified atom stereocenters. The third-order valence-corrected chi connectivity index (χ3v) is 2.40. The minimum atomic E-state index is -0.493. The number of carbonyl (C=O) groups is 1. The number of anilines is 1. The highest BCUT2D eigenvalue weighted by atomic mass is 16.6. The van der Waals surface area contributed by atoms with Gasteiger partial charge in [-0.3, -0.25) is 0 Å². The van der Waals surface area contributed by atoms with Crippen LogP contribution in [0.15, 0.2) is 6.07 Å². The summed E-state index contributed by atoms with van der Waals surface area (Å²) in [6.07, 6.45) is 0.272. The van der Waals surface area contributed by atoms with Crippen LogP contribution in [0, 0.1) is 0 Å². The van der Waals surface area contributed by atoms with Gasteiger partial charge in [-0.2, -0.15) is 9.97 Å². The van der Waals surface area contributed by atoms with Crippen molar-refractivity contribution >= 4 is 12.0 Å². The van der Waals surface area contributed by atoms with Crippen molar-refractivity contribution in [2.45, 2.75) is 32.8 Å². The molecule has 0 saturated carbocycles. The number of alkyl carbamates (subject to hydrolysis) is 1. The number of methoxy groups -OCH3 is 2. The van der Waals surface area contributed by atoms with E-state index in [1.807, 2.05) is 20.8 Å². The first kappa shape index (κ1) is 17.8. The lowest BCUT2D eigenvalue weighted by atomic mass is 10.2. The van der Waals surface area contributed by atoms with Gasteiger partial charge < -0.3 is 24.8 Å². The van der Waals surface area contributed by atoms with E-state index in [0.717, 1.165) is 0 Å². The Balaban J connectivity index is 2.31. The molecule has 2 N–H and O–H groups in total. The minimum absolute atomic E-state index is 0.411. The second kappa shape index (κ2) is 8.26. The van der Waals surface area contributed by atoms with Crippen molar-refractivity contribution in [1.29, 1.82) is 0 Å². The zero-order chi connectivity index (χ0) is 16.6. The predicted molar refractivity (Wildman–Crippen MR) is 82.5 cm³/mol. The summed E-state index contributed by atoms with van der Waals surface area (Å²) < 4.78 is 15.3. The molecule has 0 fully saturated rings. The fourth-order valence-electron chi connectivity index (χ4n) is 1.49. The number of hydrogen-bond donors (Lipinski definition) is 2. The van der Waals surface area contributed by atoms with Gasteiger partial charge in [0.15, 0.2) is 0 Å². The van der Waals surface area contributed by atoms with E-state index in [0.29, 0.717) is 37.2 Å². The van der Waals surface area contributed by atoms with Gasteiger partial charge >= 0.3 is 6.09 Å². The van der Waals surface area contributed by atoms with E-state index in [1.54, 1.807) is 6.07 Å². The zero-order valence-electron chi connectivity index (χ0n) is 13.7. The number of aromatic nitrogens is 2. The molecule has 1 rings (SSSR count). The van der Waals surface area contributed by atoms with Gasteiger partial charge in [0.25, 0.3) is 0 Å². The van der Waals surface area contributed by atoms with Crippen LogP contribution >= 0.6 is 0 Å². The topological polar surface area (TPSA) is 94.6 Å². The Bertz CT molecular complexity index is 466. The van der Waals surface area contributed by atoms with E-state index in [-0.39, 0.29) is 0 Å². The fourth-order valence-corrected chi connectivity index (χ4v) is 1.49. The summed E-state index contributed by atoms with van der Waals surface area (Å²) in [5, 5.41) is 5.72. The lowest BCUT2D eigenvalue weighted by molar-refractivity contribution is 0.0528. The maximum atomic E-state index is 11.4. The van der Waals surface area contributed by atoms with Crippen LogP contribution in [0.1, 0.15) is 27.2 Å². The second-order valence-corrected chi connectivity index (χ2v) is 5.49. The molecule has 0 aliphatic heterocycles. The summed E-state index contributed by atoms with van der Waals surface area (Å²) in [7, 11) is 3.05. The Morgan fingerprint density at radius 2 is 1.73 bits per heavy atom. The molecule has 8 nitrogen and oxygen atoms in total. The molecule has 0 aliphatic carbocycles. The van der Waals surface area contributed by atoms with Crippen molar-refractivity contribution in [3.05, 3.63) is 6.07 Å². The standard InChI is InChI=1S/C14H24N4O4/c1-14(2,3)22-13(19)16-8-6-7-15-12-17-10(20-4)9-11(18-12)21-5/h9H,6-8H2,1-5H3,(H,16,19)(H,15,17,18). The van der Waals surface area contributed by atoms with E-state index in [9.17, 15) is 4.79 Å². The van der Waals surface area contributed by atoms with Gasteiger partial charge in [0.2, 0.25) is 17.7 Å². The Morgan fingerprint density at radius 1 is 1.14 bits per heavy atom. The SMILES string of the molecule is COc1cc(OC)nc(NCCCNC(=O)OC(C)(C)C)n1. The molecule has 1 heterocycles. The summed E-state index contributed by atoms with van der Waals surface area (Å²) in [6, 6.07) is 1.59. The summed E-state index contributed by atoms with van der Waals surface area (Å²) in [4.78, 5) is 19.7. The monoisotopic (exact) mass is 312 g/mol. The van der Waals surface area contributed by atoms with Gasteiger partial charge in [0, 0.05) is 13.1 Å². The molecular weight excluding hydrogens is 288 g/mol. The Morgan fingerprint density at radius 3 is 2.23 bits per heavy atom. The van der Waals surface area contributed by atoms with Gasteiger partial charge in [-0.15, -0.1) is 0 Å². The van der Waals surface area contributed by atoms with Gasteiger partial charge in [-0.05, 0) is 27.2 Å². The first-order chi connectivity index (χ1) is 10.3. The molecular formula is C14H24N4O4. The Labute approximate surface area is 130 Å². The van der Waals surface area contributed by atoms with Crippen LogP contribution in [-0.2, 0) is 4.74 Å². The maximum absolute atomic E-state index is 11.4. The molecule has 0 spiro atoms. The van der Waals surface area contributed by atoms with Crippen LogP contribution < -0.4 is 20.1 Å². The number of rotatable bonds is 7. The molecule has 0 radical (unpaired) electrons. The van der Waals surface area contributed by atoms with Crippen molar-refractivity contribution in [2.24, 2.45) is 0 Å². The largest absolute Gasteiger partial charge is 0.481 e. The maximum Gasteiger partial charge on any atom is 0.407 e. The van der Waals surface area contributed by atoms with Crippen LogP contribution in [0.4, 0.5) is 10.7 Å². The molecule has 1 aromatic heterocycles. The predicted octanol–water partition coefficient (Wildman–Crippen LogP) is 1.82. The number of ether oxygens (including phenoxy) is 3. The summed E-state index contributed by atoms with van der Waals surface area (Å²) in [6.45, 7) is 6.54. The quantitative estimate of drug-likeness (QED) is 0.741. The van der Waals surface area contributed by atoms with Gasteiger partial charge in [0.1, 0.15) is 5.60 Å². The van der Waals surface area contributed by atoms with Crippen LogP contribution in [0.5, 0.6) is 11.8 Å². The second-order valence-electron chi connectivity index (χ2n) is 5.49. The number of hydrogen-bond acceptors (Lipinski definition) is 7. The highest BCUT2D eigenvalue weighted by Crippen LogP contribution is 2.17. The smallest absolute Gasteiger partial charge is 0.407 e. The third-order valence-electron chi connectivity index (χ3n) is 2.40. The van der Waals surface area contributed by atoms with Crippen molar-refractivity contribution in [1.82, 2.24) is 15.3 Å². The summed E-state index contributed by atoms with van der Waals surface area (Å²) >= 11 is 0. The van der Waals surface area contributed by atoms with E-state index < -0.39 is 11.7 Å². The van der Waals surface area contributed by atoms with E-state index in [1.165, 1.54) is 14.2 Å². The van der Waals surface area contributed by atoms with Crippen molar-refractivity contribution < 1.29 is 19.0 Å². The number of nitrogens with one attached hydrogen (secondary N) is 2. The molecule has 0 saturated heterocycles. The average molecular weight is 312 g/mol. The zero-order valence-corrected chi connectivity index (χ0v) is 13.7. The van der Waals surface area contributed by atoms with Crippen LogP contribution in [0.25, 0.3) is 0 Å². The van der Waals surface area contributed by atoms with Gasteiger partial charge in [-0.25, -0.2) is 4.79 Å². The first-order valence-corrected chi connectivity index (χ1v) is 7.02. The van der Waals surface area contributed by atoms with Crippen LogP contribution in [0.2, 0.25) is 0 Å².